The summed E-state index contributed by atoms with van der Waals surface area (Å²) < 4.78 is 5.32. The lowest BCUT2D eigenvalue weighted by atomic mass is 10.0. The topological polar surface area (TPSA) is 9.23 Å². The molecule has 0 radical (unpaired) electrons. The Morgan fingerprint density at radius 3 is 3.08 bits per heavy atom. The number of hydrogen-bond acceptors (Lipinski definition) is 1. The highest BCUT2D eigenvalue weighted by atomic mass is 16.5. The lowest BCUT2D eigenvalue weighted by Crippen LogP contribution is -2.09. The van der Waals surface area contributed by atoms with E-state index >= 15 is 0 Å². The fourth-order valence-corrected chi connectivity index (χ4v) is 1.45. The van der Waals surface area contributed by atoms with Gasteiger partial charge in [0.1, 0.15) is 0 Å². The van der Waals surface area contributed by atoms with Gasteiger partial charge in [0.15, 0.2) is 0 Å². The van der Waals surface area contributed by atoms with Crippen molar-refractivity contribution in [1.82, 2.24) is 0 Å². The molecular weight excluding hydrogens is 148 g/mol. The molecule has 0 saturated heterocycles. The molecule has 1 aromatic carbocycles. The molecule has 1 aliphatic rings. The summed E-state index contributed by atoms with van der Waals surface area (Å²) in [6, 6.07) is 6.11. The van der Waals surface area contributed by atoms with Crippen molar-refractivity contribution in [2.75, 3.05) is 6.61 Å². The van der Waals surface area contributed by atoms with Crippen LogP contribution in [0.5, 0.6) is 0 Å². The van der Waals surface area contributed by atoms with Crippen LogP contribution in [0.15, 0.2) is 18.2 Å². The molecule has 1 heteroatoms. The molecular formula is C11H10O. The first-order valence-corrected chi connectivity index (χ1v) is 4.06. The molecule has 1 aliphatic heterocycles. The summed E-state index contributed by atoms with van der Waals surface area (Å²) in [6.07, 6.45) is 6.29. The molecule has 0 spiro atoms. The predicted octanol–water partition coefficient (Wildman–Crippen LogP) is 1.74. The van der Waals surface area contributed by atoms with E-state index in [4.69, 9.17) is 11.2 Å². The van der Waals surface area contributed by atoms with Gasteiger partial charge in [-0.25, -0.2) is 0 Å². The minimum Gasteiger partial charge on any atom is -0.376 e. The van der Waals surface area contributed by atoms with Gasteiger partial charge in [0.05, 0.1) is 13.2 Å². The normalized spacial score (nSPS) is 14.9. The monoisotopic (exact) mass is 158 g/mol. The van der Waals surface area contributed by atoms with Crippen LogP contribution in [-0.4, -0.2) is 6.61 Å². The molecule has 0 fully saturated rings. The summed E-state index contributed by atoms with van der Waals surface area (Å²) in [7, 11) is 0. The van der Waals surface area contributed by atoms with E-state index in [1.54, 1.807) is 0 Å². The highest BCUT2D eigenvalue weighted by Gasteiger charge is 2.08. The van der Waals surface area contributed by atoms with Gasteiger partial charge < -0.3 is 4.74 Å². The molecule has 60 valence electrons. The molecule has 1 heterocycles. The molecule has 1 nitrogen and oxygen atoms in total. The average Bonchev–Trinajstić information content (AvgIpc) is 2.17. The van der Waals surface area contributed by atoms with E-state index in [0.29, 0.717) is 0 Å². The second-order valence-electron chi connectivity index (χ2n) is 2.93. The van der Waals surface area contributed by atoms with Gasteiger partial charge in [-0.05, 0) is 29.7 Å². The SMILES string of the molecule is C#Cc1ccc2c(c1)CCOC2. The van der Waals surface area contributed by atoms with Crippen molar-refractivity contribution >= 4 is 0 Å². The number of benzene rings is 1. The van der Waals surface area contributed by atoms with Crippen LogP contribution >= 0.6 is 0 Å². The Hall–Kier alpha value is -1.26. The highest BCUT2D eigenvalue weighted by molar-refractivity contribution is 5.40. The first-order chi connectivity index (χ1) is 5.90. The lowest BCUT2D eigenvalue weighted by Gasteiger charge is -2.15. The number of hydrogen-bond donors (Lipinski definition) is 0. The Morgan fingerprint density at radius 1 is 1.33 bits per heavy atom. The second-order valence-corrected chi connectivity index (χ2v) is 2.93. The van der Waals surface area contributed by atoms with E-state index in [2.05, 4.69) is 18.1 Å². The van der Waals surface area contributed by atoms with Crippen molar-refractivity contribution in [2.24, 2.45) is 0 Å². The molecule has 12 heavy (non-hydrogen) atoms. The molecule has 0 aromatic heterocycles. The summed E-state index contributed by atoms with van der Waals surface area (Å²) in [6.45, 7) is 1.56. The van der Waals surface area contributed by atoms with Crippen LogP contribution in [0.3, 0.4) is 0 Å². The molecule has 0 aliphatic carbocycles. The largest absolute Gasteiger partial charge is 0.376 e. The van der Waals surface area contributed by atoms with Crippen LogP contribution in [-0.2, 0) is 17.8 Å². The van der Waals surface area contributed by atoms with Crippen LogP contribution in [0, 0.1) is 12.3 Å². The van der Waals surface area contributed by atoms with Gasteiger partial charge in [0.25, 0.3) is 0 Å². The van der Waals surface area contributed by atoms with E-state index in [1.807, 2.05) is 6.07 Å². The molecule has 0 unspecified atom stereocenters. The first kappa shape index (κ1) is 7.39. The standard InChI is InChI=1S/C11H10O/c1-2-9-3-4-11-8-12-6-5-10(11)7-9/h1,3-4,7H,5-6,8H2. The second kappa shape index (κ2) is 3.00. The first-order valence-electron chi connectivity index (χ1n) is 4.06. The average molecular weight is 158 g/mol. The van der Waals surface area contributed by atoms with Crippen molar-refractivity contribution in [2.45, 2.75) is 13.0 Å². The number of fused-ring (bicyclic) bond motifs is 1. The Labute approximate surface area is 72.4 Å². The van der Waals surface area contributed by atoms with Crippen molar-refractivity contribution in [3.8, 4) is 12.3 Å². The van der Waals surface area contributed by atoms with E-state index < -0.39 is 0 Å². The van der Waals surface area contributed by atoms with Crippen molar-refractivity contribution in [3.05, 3.63) is 34.9 Å². The van der Waals surface area contributed by atoms with Gasteiger partial charge in [0.2, 0.25) is 0 Å². The Balaban J connectivity index is 2.44. The van der Waals surface area contributed by atoms with Crippen LogP contribution in [0.1, 0.15) is 16.7 Å². The quantitative estimate of drug-likeness (QED) is 0.522. The maximum Gasteiger partial charge on any atom is 0.0719 e. The third kappa shape index (κ3) is 1.22. The zero-order valence-electron chi connectivity index (χ0n) is 6.84. The lowest BCUT2D eigenvalue weighted by molar-refractivity contribution is 0.111. The number of ether oxygens (including phenoxy) is 1. The van der Waals surface area contributed by atoms with E-state index in [1.165, 1.54) is 11.1 Å². The van der Waals surface area contributed by atoms with Gasteiger partial charge in [0, 0.05) is 5.56 Å². The molecule has 2 rings (SSSR count). The minimum absolute atomic E-state index is 0.736. The minimum atomic E-state index is 0.736. The predicted molar refractivity (Wildman–Crippen MR) is 47.7 cm³/mol. The van der Waals surface area contributed by atoms with E-state index in [-0.39, 0.29) is 0 Å². The van der Waals surface area contributed by atoms with Gasteiger partial charge in [-0.3, -0.25) is 0 Å². The fourth-order valence-electron chi connectivity index (χ4n) is 1.45. The molecule has 0 saturated carbocycles. The van der Waals surface area contributed by atoms with Crippen LogP contribution in [0.2, 0.25) is 0 Å². The molecule has 0 N–H and O–H groups in total. The number of rotatable bonds is 0. The zero-order valence-corrected chi connectivity index (χ0v) is 6.84. The Bertz CT molecular complexity index is 333. The maximum absolute atomic E-state index is 5.32. The van der Waals surface area contributed by atoms with Crippen molar-refractivity contribution in [1.29, 1.82) is 0 Å². The summed E-state index contributed by atoms with van der Waals surface area (Å²) in [5.74, 6) is 2.64. The third-order valence-corrected chi connectivity index (χ3v) is 2.15. The van der Waals surface area contributed by atoms with Gasteiger partial charge in [-0.1, -0.05) is 12.0 Å². The van der Waals surface area contributed by atoms with E-state index in [0.717, 1.165) is 25.2 Å². The zero-order chi connectivity index (χ0) is 8.39. The summed E-state index contributed by atoms with van der Waals surface area (Å²) in [4.78, 5) is 0. The third-order valence-electron chi connectivity index (χ3n) is 2.15. The highest BCUT2D eigenvalue weighted by Crippen LogP contribution is 2.17. The smallest absolute Gasteiger partial charge is 0.0719 e. The summed E-state index contributed by atoms with van der Waals surface area (Å²) in [5, 5.41) is 0. The number of terminal acetylenes is 1. The Kier molecular flexibility index (Phi) is 1.85. The maximum atomic E-state index is 5.32. The molecule has 0 atom stereocenters. The summed E-state index contributed by atoms with van der Waals surface area (Å²) >= 11 is 0. The van der Waals surface area contributed by atoms with Crippen LogP contribution in [0.4, 0.5) is 0 Å². The van der Waals surface area contributed by atoms with Gasteiger partial charge >= 0.3 is 0 Å². The Morgan fingerprint density at radius 2 is 2.25 bits per heavy atom. The van der Waals surface area contributed by atoms with Gasteiger partial charge in [-0.15, -0.1) is 6.42 Å². The van der Waals surface area contributed by atoms with Crippen molar-refractivity contribution < 1.29 is 4.74 Å². The molecule has 0 amide bonds. The van der Waals surface area contributed by atoms with Crippen molar-refractivity contribution in [3.63, 3.8) is 0 Å². The van der Waals surface area contributed by atoms with Crippen LogP contribution < -0.4 is 0 Å². The molecule has 0 bridgehead atoms. The molecule has 1 aromatic rings. The van der Waals surface area contributed by atoms with Gasteiger partial charge in [-0.2, -0.15) is 0 Å². The van der Waals surface area contributed by atoms with Crippen LogP contribution in [0.25, 0.3) is 0 Å². The fraction of sp³-hybridized carbons (Fsp3) is 0.273. The van der Waals surface area contributed by atoms with E-state index in [9.17, 15) is 0 Å². The summed E-state index contributed by atoms with van der Waals surface area (Å²) in [5.41, 5.74) is 3.59.